The average molecular weight is 288 g/mol. The molecule has 0 bridgehead atoms. The van der Waals surface area contributed by atoms with Gasteiger partial charge in [-0.1, -0.05) is 0 Å². The van der Waals surface area contributed by atoms with Crippen LogP contribution >= 0.6 is 0 Å². The fourth-order valence-corrected chi connectivity index (χ4v) is 2.52. The van der Waals surface area contributed by atoms with Gasteiger partial charge in [0, 0.05) is 12.6 Å². The van der Waals surface area contributed by atoms with E-state index in [4.69, 9.17) is 14.6 Å². The number of aryl methyl sites for hydroxylation is 2. The highest BCUT2D eigenvalue weighted by molar-refractivity contribution is 5.88. The maximum absolute atomic E-state index is 11.1. The predicted octanol–water partition coefficient (Wildman–Crippen LogP) is 2.17. The van der Waals surface area contributed by atoms with Crippen LogP contribution in [0, 0.1) is 13.8 Å². The van der Waals surface area contributed by atoms with Gasteiger partial charge >= 0.3 is 5.97 Å². The molecule has 6 heteroatoms. The maximum atomic E-state index is 11.1. The molecule has 0 fully saturated rings. The smallest absolute Gasteiger partial charge is 0.356 e. The van der Waals surface area contributed by atoms with Crippen LogP contribution in [-0.4, -0.2) is 34.1 Å². The first-order valence-electron chi connectivity index (χ1n) is 6.66. The van der Waals surface area contributed by atoms with Crippen LogP contribution < -0.4 is 9.47 Å². The molecule has 0 radical (unpaired) electrons. The highest BCUT2D eigenvalue weighted by Gasteiger charge is 2.24. The zero-order valence-corrected chi connectivity index (χ0v) is 12.1. The van der Waals surface area contributed by atoms with Gasteiger partial charge in [0.25, 0.3) is 0 Å². The molecule has 0 atom stereocenters. The van der Waals surface area contributed by atoms with Crippen molar-refractivity contribution in [1.29, 1.82) is 0 Å². The van der Waals surface area contributed by atoms with E-state index < -0.39 is 5.97 Å². The van der Waals surface area contributed by atoms with Crippen molar-refractivity contribution in [2.75, 3.05) is 13.2 Å². The molecular weight excluding hydrogens is 272 g/mol. The van der Waals surface area contributed by atoms with Crippen LogP contribution in [0.3, 0.4) is 0 Å². The van der Waals surface area contributed by atoms with E-state index in [9.17, 15) is 4.79 Å². The number of fused-ring (bicyclic) bond motifs is 1. The van der Waals surface area contributed by atoms with Crippen molar-refractivity contribution in [2.24, 2.45) is 7.05 Å². The molecule has 2 aromatic rings. The third-order valence-corrected chi connectivity index (χ3v) is 3.71. The summed E-state index contributed by atoms with van der Waals surface area (Å²) in [5.74, 6) is 0.301. The fourth-order valence-electron chi connectivity index (χ4n) is 2.52. The van der Waals surface area contributed by atoms with Crippen molar-refractivity contribution in [3.8, 4) is 22.8 Å². The van der Waals surface area contributed by atoms with E-state index in [1.807, 2.05) is 19.9 Å². The lowest BCUT2D eigenvalue weighted by molar-refractivity contribution is 0.0689. The largest absolute Gasteiger partial charge is 0.486 e. The Morgan fingerprint density at radius 2 is 2.00 bits per heavy atom. The summed E-state index contributed by atoms with van der Waals surface area (Å²) >= 11 is 0. The number of ether oxygens (including phenoxy) is 2. The summed E-state index contributed by atoms with van der Waals surface area (Å²) < 4.78 is 13.0. The Morgan fingerprint density at radius 3 is 2.67 bits per heavy atom. The number of carboxylic acids is 1. The van der Waals surface area contributed by atoms with E-state index in [1.165, 1.54) is 0 Å². The molecule has 0 aliphatic carbocycles. The number of aromatic nitrogens is 2. The molecule has 110 valence electrons. The van der Waals surface area contributed by atoms with Gasteiger partial charge < -0.3 is 14.6 Å². The Bertz CT molecular complexity index is 734. The molecule has 6 nitrogen and oxygen atoms in total. The molecular formula is C15H16N2O4. The molecule has 21 heavy (non-hydrogen) atoms. The normalized spacial score (nSPS) is 13.3. The third-order valence-electron chi connectivity index (χ3n) is 3.71. The lowest BCUT2D eigenvalue weighted by atomic mass is 9.98. The fraction of sp³-hybridized carbons (Fsp3) is 0.333. The second-order valence-corrected chi connectivity index (χ2v) is 5.06. The Hall–Kier alpha value is -2.50. The molecule has 0 spiro atoms. The van der Waals surface area contributed by atoms with Crippen LogP contribution in [0.15, 0.2) is 12.1 Å². The minimum Gasteiger partial charge on any atom is -0.486 e. The van der Waals surface area contributed by atoms with Crippen LogP contribution in [0.25, 0.3) is 11.3 Å². The monoisotopic (exact) mass is 288 g/mol. The van der Waals surface area contributed by atoms with Crippen molar-refractivity contribution in [2.45, 2.75) is 13.8 Å². The van der Waals surface area contributed by atoms with Crippen molar-refractivity contribution < 1.29 is 19.4 Å². The van der Waals surface area contributed by atoms with Crippen LogP contribution in [0.1, 0.15) is 21.6 Å². The number of carbonyl (C=O) groups is 1. The molecule has 0 saturated heterocycles. The summed E-state index contributed by atoms with van der Waals surface area (Å²) in [5.41, 5.74) is 3.65. The third kappa shape index (κ3) is 2.12. The molecule has 3 rings (SSSR count). The van der Waals surface area contributed by atoms with Gasteiger partial charge in [0.1, 0.15) is 13.2 Å². The molecule has 0 amide bonds. The molecule has 1 aliphatic rings. The number of rotatable bonds is 2. The highest BCUT2D eigenvalue weighted by Crippen LogP contribution is 2.43. The number of aromatic carboxylic acids is 1. The number of nitrogens with zero attached hydrogens (tertiary/aromatic N) is 2. The maximum Gasteiger partial charge on any atom is 0.356 e. The highest BCUT2D eigenvalue weighted by atomic mass is 16.6. The summed E-state index contributed by atoms with van der Waals surface area (Å²) in [5, 5.41) is 13.1. The predicted molar refractivity (Wildman–Crippen MR) is 76.1 cm³/mol. The molecule has 2 heterocycles. The molecule has 0 saturated carbocycles. The summed E-state index contributed by atoms with van der Waals surface area (Å²) in [7, 11) is 1.72. The number of hydrogen-bond donors (Lipinski definition) is 1. The number of benzene rings is 1. The van der Waals surface area contributed by atoms with Crippen LogP contribution in [-0.2, 0) is 7.05 Å². The van der Waals surface area contributed by atoms with Crippen molar-refractivity contribution in [1.82, 2.24) is 9.78 Å². The Kier molecular flexibility index (Phi) is 3.08. The lowest BCUT2D eigenvalue weighted by Gasteiger charge is -2.23. The van der Waals surface area contributed by atoms with Crippen LogP contribution in [0.4, 0.5) is 0 Å². The molecule has 1 aromatic carbocycles. The second-order valence-electron chi connectivity index (χ2n) is 5.06. The van der Waals surface area contributed by atoms with E-state index in [0.717, 1.165) is 16.7 Å². The molecule has 0 unspecified atom stereocenters. The van der Waals surface area contributed by atoms with Gasteiger partial charge in [-0.2, -0.15) is 5.10 Å². The second kappa shape index (κ2) is 4.80. The van der Waals surface area contributed by atoms with Gasteiger partial charge in [0.15, 0.2) is 17.2 Å². The Balaban J connectivity index is 2.26. The number of hydrogen-bond acceptors (Lipinski definition) is 4. The molecule has 1 aliphatic heterocycles. The average Bonchev–Trinajstić information content (AvgIpc) is 2.82. The van der Waals surface area contributed by atoms with Crippen LogP contribution in [0.2, 0.25) is 0 Å². The molecule has 1 aromatic heterocycles. The number of carboxylic acid groups (broad SMARTS) is 1. The zero-order chi connectivity index (χ0) is 15.1. The van der Waals surface area contributed by atoms with Crippen molar-refractivity contribution >= 4 is 5.97 Å². The van der Waals surface area contributed by atoms with Gasteiger partial charge in [-0.15, -0.1) is 0 Å². The van der Waals surface area contributed by atoms with Crippen molar-refractivity contribution in [3.63, 3.8) is 0 Å². The van der Waals surface area contributed by atoms with Gasteiger partial charge in [-0.3, -0.25) is 4.68 Å². The quantitative estimate of drug-likeness (QED) is 0.916. The summed E-state index contributed by atoms with van der Waals surface area (Å²) in [6, 6.07) is 3.50. The minimum absolute atomic E-state index is 0.0129. The van der Waals surface area contributed by atoms with E-state index in [-0.39, 0.29) is 5.69 Å². The van der Waals surface area contributed by atoms with Crippen LogP contribution in [0.5, 0.6) is 11.5 Å². The first-order valence-corrected chi connectivity index (χ1v) is 6.66. The Morgan fingerprint density at radius 1 is 1.29 bits per heavy atom. The van der Waals surface area contributed by atoms with E-state index in [0.29, 0.717) is 30.4 Å². The van der Waals surface area contributed by atoms with Gasteiger partial charge in [0.05, 0.1) is 5.69 Å². The molecule has 1 N–H and O–H groups in total. The topological polar surface area (TPSA) is 73.6 Å². The first kappa shape index (κ1) is 13.5. The zero-order valence-electron chi connectivity index (χ0n) is 12.1. The van der Waals surface area contributed by atoms with E-state index in [1.54, 1.807) is 17.8 Å². The van der Waals surface area contributed by atoms with E-state index in [2.05, 4.69) is 5.10 Å². The first-order chi connectivity index (χ1) is 9.99. The standard InChI is InChI=1S/C15H16N2O4/c1-8-6-12-14(21-5-4-20-12)13(9(8)2)11-7-10(15(18)19)16-17(11)3/h6-7H,4-5H2,1-3H3,(H,18,19). The van der Waals surface area contributed by atoms with Gasteiger partial charge in [-0.25, -0.2) is 4.79 Å². The van der Waals surface area contributed by atoms with Crippen molar-refractivity contribution in [3.05, 3.63) is 29.0 Å². The summed E-state index contributed by atoms with van der Waals surface area (Å²) in [6.45, 7) is 4.97. The Labute approximate surface area is 121 Å². The summed E-state index contributed by atoms with van der Waals surface area (Å²) in [4.78, 5) is 11.1. The lowest BCUT2D eigenvalue weighted by Crippen LogP contribution is -2.17. The summed E-state index contributed by atoms with van der Waals surface area (Å²) in [6.07, 6.45) is 0. The SMILES string of the molecule is Cc1cc2c(c(-c3cc(C(=O)O)nn3C)c1C)OCCO2. The van der Waals surface area contributed by atoms with Gasteiger partial charge in [-0.05, 0) is 37.1 Å². The van der Waals surface area contributed by atoms with Gasteiger partial charge in [0.2, 0.25) is 0 Å². The minimum atomic E-state index is -1.05. The van der Waals surface area contributed by atoms with E-state index >= 15 is 0 Å².